The summed E-state index contributed by atoms with van der Waals surface area (Å²) in [5.74, 6) is 1.20. The van der Waals surface area contributed by atoms with Gasteiger partial charge in [0.05, 0.1) is 6.42 Å². The van der Waals surface area contributed by atoms with Crippen LogP contribution in [0.1, 0.15) is 82.4 Å². The average molecular weight is 401 g/mol. The van der Waals surface area contributed by atoms with Crippen molar-refractivity contribution in [3.05, 3.63) is 48.0 Å². The molecule has 0 fully saturated rings. The summed E-state index contributed by atoms with van der Waals surface area (Å²) in [4.78, 5) is 11.5. The van der Waals surface area contributed by atoms with E-state index in [1.165, 1.54) is 62.1 Å². The molecule has 0 saturated heterocycles. The van der Waals surface area contributed by atoms with Crippen LogP contribution >= 0.6 is 11.8 Å². The van der Waals surface area contributed by atoms with Crippen molar-refractivity contribution < 1.29 is 9.90 Å². The molecule has 0 heterocycles. The Balaban J connectivity index is 1.91. The van der Waals surface area contributed by atoms with Gasteiger partial charge in [-0.3, -0.25) is 4.79 Å². The van der Waals surface area contributed by atoms with Gasteiger partial charge in [0.1, 0.15) is 0 Å². The summed E-state index contributed by atoms with van der Waals surface area (Å²) in [6.07, 6.45) is 10.6. The van der Waals surface area contributed by atoms with Crippen LogP contribution < -0.4 is 0 Å². The molecule has 3 heteroatoms. The molecule has 2 aromatic rings. The summed E-state index contributed by atoms with van der Waals surface area (Å²) < 4.78 is 0. The fraction of sp³-hybridized carbons (Fsp3) is 0.560. The highest BCUT2D eigenvalue weighted by Gasteiger charge is 2.18. The maximum absolute atomic E-state index is 11.5. The molecule has 28 heavy (non-hydrogen) atoms. The van der Waals surface area contributed by atoms with Gasteiger partial charge in [-0.05, 0) is 34.4 Å². The van der Waals surface area contributed by atoms with Crippen molar-refractivity contribution in [1.29, 1.82) is 0 Å². The quantitative estimate of drug-likeness (QED) is 0.328. The summed E-state index contributed by atoms with van der Waals surface area (Å²) in [5, 5.41) is 11.8. The lowest BCUT2D eigenvalue weighted by atomic mass is 9.92. The molecule has 1 N–H and O–H groups in total. The highest BCUT2D eigenvalue weighted by atomic mass is 32.2. The molecule has 2 nitrogen and oxygen atoms in total. The third kappa shape index (κ3) is 7.50. The Kier molecular flexibility index (Phi) is 10.5. The molecule has 0 aliphatic heterocycles. The number of benzene rings is 2. The second kappa shape index (κ2) is 12.9. The van der Waals surface area contributed by atoms with E-state index in [1.54, 1.807) is 0 Å². The summed E-state index contributed by atoms with van der Waals surface area (Å²) in [6.45, 7) is 4.56. The van der Waals surface area contributed by atoms with E-state index in [2.05, 4.69) is 44.2 Å². The van der Waals surface area contributed by atoms with E-state index in [0.717, 1.165) is 17.2 Å². The van der Waals surface area contributed by atoms with Gasteiger partial charge in [-0.1, -0.05) is 101 Å². The van der Waals surface area contributed by atoms with Crippen molar-refractivity contribution in [3.8, 4) is 0 Å². The van der Waals surface area contributed by atoms with Crippen LogP contribution in [0.4, 0.5) is 0 Å². The number of unbranched alkanes of at least 4 members (excludes halogenated alkanes) is 2. The Morgan fingerprint density at radius 2 is 1.68 bits per heavy atom. The molecule has 0 aromatic heterocycles. The van der Waals surface area contributed by atoms with Crippen molar-refractivity contribution in [1.82, 2.24) is 0 Å². The zero-order chi connectivity index (χ0) is 20.2. The zero-order valence-corrected chi connectivity index (χ0v) is 18.3. The first kappa shape index (κ1) is 22.8. The van der Waals surface area contributed by atoms with Crippen molar-refractivity contribution in [2.75, 3.05) is 5.75 Å². The van der Waals surface area contributed by atoms with Crippen molar-refractivity contribution in [2.45, 2.75) is 76.9 Å². The van der Waals surface area contributed by atoms with E-state index in [9.17, 15) is 9.90 Å². The molecule has 0 aliphatic carbocycles. The standard InChI is InChI=1S/C25H36O2S/c1-3-5-12-20(11-4-2)13-8-9-18-28-24(19-25(26)27)23-17-10-15-21-14-6-7-16-22(21)23/h6-7,10,14-17,20,24H,3-5,8-9,11-13,18-19H2,1-2H3,(H,26,27). The lowest BCUT2D eigenvalue weighted by Gasteiger charge is -2.18. The van der Waals surface area contributed by atoms with Gasteiger partial charge in [0, 0.05) is 5.25 Å². The van der Waals surface area contributed by atoms with Crippen LogP contribution in [-0.2, 0) is 4.79 Å². The number of carboxylic acid groups (broad SMARTS) is 1. The Bertz CT molecular complexity index is 707. The minimum atomic E-state index is -0.715. The van der Waals surface area contributed by atoms with Gasteiger partial charge in [-0.2, -0.15) is 11.8 Å². The Labute approximate surface area is 175 Å². The smallest absolute Gasteiger partial charge is 0.304 e. The first-order chi connectivity index (χ1) is 13.7. The zero-order valence-electron chi connectivity index (χ0n) is 17.5. The van der Waals surface area contributed by atoms with E-state index < -0.39 is 5.97 Å². The first-order valence-corrected chi connectivity index (χ1v) is 12.0. The number of thioether (sulfide) groups is 1. The van der Waals surface area contributed by atoms with Crippen molar-refractivity contribution in [2.24, 2.45) is 5.92 Å². The molecular weight excluding hydrogens is 364 g/mol. The number of fused-ring (bicyclic) bond motifs is 1. The van der Waals surface area contributed by atoms with E-state index in [4.69, 9.17) is 0 Å². The van der Waals surface area contributed by atoms with Gasteiger partial charge in [0.25, 0.3) is 0 Å². The summed E-state index contributed by atoms with van der Waals surface area (Å²) in [6, 6.07) is 14.6. The molecule has 154 valence electrons. The lowest BCUT2D eigenvalue weighted by Crippen LogP contribution is -2.05. The number of hydrogen-bond donors (Lipinski definition) is 1. The van der Waals surface area contributed by atoms with Gasteiger partial charge in [-0.25, -0.2) is 0 Å². The van der Waals surface area contributed by atoms with E-state index in [1.807, 2.05) is 23.9 Å². The van der Waals surface area contributed by atoms with Crippen LogP contribution in [0.5, 0.6) is 0 Å². The fourth-order valence-electron chi connectivity index (χ4n) is 4.04. The maximum Gasteiger partial charge on any atom is 0.304 e. The van der Waals surface area contributed by atoms with E-state index in [-0.39, 0.29) is 11.7 Å². The third-order valence-electron chi connectivity index (χ3n) is 5.52. The number of aliphatic carboxylic acids is 1. The highest BCUT2D eigenvalue weighted by Crippen LogP contribution is 2.37. The van der Waals surface area contributed by atoms with Crippen LogP contribution in [0.15, 0.2) is 42.5 Å². The Morgan fingerprint density at radius 3 is 2.43 bits per heavy atom. The molecular formula is C25H36O2S. The number of carboxylic acids is 1. The number of carbonyl (C=O) groups is 1. The van der Waals surface area contributed by atoms with Crippen molar-refractivity contribution in [3.63, 3.8) is 0 Å². The molecule has 0 radical (unpaired) electrons. The van der Waals surface area contributed by atoms with Crippen LogP contribution in [0.3, 0.4) is 0 Å². The monoisotopic (exact) mass is 400 g/mol. The predicted molar refractivity (Wildman–Crippen MR) is 123 cm³/mol. The normalized spacial score (nSPS) is 13.5. The van der Waals surface area contributed by atoms with Gasteiger partial charge in [0.15, 0.2) is 0 Å². The first-order valence-electron chi connectivity index (χ1n) is 11.0. The van der Waals surface area contributed by atoms with Crippen molar-refractivity contribution >= 4 is 28.5 Å². The Morgan fingerprint density at radius 1 is 0.929 bits per heavy atom. The van der Waals surface area contributed by atoms with Crippen LogP contribution in [0.2, 0.25) is 0 Å². The van der Waals surface area contributed by atoms with E-state index >= 15 is 0 Å². The second-order valence-corrected chi connectivity index (χ2v) is 9.13. The molecule has 0 saturated carbocycles. The molecule has 2 atom stereocenters. The maximum atomic E-state index is 11.5. The third-order valence-corrected chi connectivity index (χ3v) is 6.87. The van der Waals surface area contributed by atoms with Gasteiger partial charge in [-0.15, -0.1) is 0 Å². The van der Waals surface area contributed by atoms with E-state index in [0.29, 0.717) is 0 Å². The lowest BCUT2D eigenvalue weighted by molar-refractivity contribution is -0.137. The molecule has 0 amide bonds. The van der Waals surface area contributed by atoms with Crippen LogP contribution in [0, 0.1) is 5.92 Å². The number of rotatable bonds is 14. The molecule has 0 bridgehead atoms. The molecule has 2 unspecified atom stereocenters. The van der Waals surface area contributed by atoms with Crippen LogP contribution in [-0.4, -0.2) is 16.8 Å². The Hall–Kier alpha value is -1.48. The van der Waals surface area contributed by atoms with Gasteiger partial charge in [0.2, 0.25) is 0 Å². The molecule has 0 spiro atoms. The van der Waals surface area contributed by atoms with Gasteiger partial charge >= 0.3 is 5.97 Å². The minimum Gasteiger partial charge on any atom is -0.481 e. The largest absolute Gasteiger partial charge is 0.481 e. The summed E-state index contributed by atoms with van der Waals surface area (Å²) in [7, 11) is 0. The topological polar surface area (TPSA) is 37.3 Å². The summed E-state index contributed by atoms with van der Waals surface area (Å²) in [5.41, 5.74) is 1.16. The SMILES string of the molecule is CCCCC(CCC)CCCCSC(CC(=O)O)c1cccc2ccccc12. The highest BCUT2D eigenvalue weighted by molar-refractivity contribution is 7.99. The average Bonchev–Trinajstić information content (AvgIpc) is 2.70. The molecule has 2 aromatic carbocycles. The molecule has 2 rings (SSSR count). The molecule has 0 aliphatic rings. The van der Waals surface area contributed by atoms with Crippen LogP contribution in [0.25, 0.3) is 10.8 Å². The predicted octanol–water partition coefficient (Wildman–Crippen LogP) is 7.87. The van der Waals surface area contributed by atoms with Gasteiger partial charge < -0.3 is 5.11 Å². The second-order valence-electron chi connectivity index (χ2n) is 7.82. The fourth-order valence-corrected chi connectivity index (χ4v) is 5.34. The summed E-state index contributed by atoms with van der Waals surface area (Å²) >= 11 is 1.82. The minimum absolute atomic E-state index is 0.0233. The number of hydrogen-bond acceptors (Lipinski definition) is 2.